The van der Waals surface area contributed by atoms with E-state index in [1.807, 2.05) is 0 Å². The van der Waals surface area contributed by atoms with Crippen LogP contribution in [-0.2, 0) is 5.41 Å². The summed E-state index contributed by atoms with van der Waals surface area (Å²) in [5.74, 6) is 1.06. The van der Waals surface area contributed by atoms with Crippen molar-refractivity contribution in [2.75, 3.05) is 0 Å². The Bertz CT molecular complexity index is 3350. The minimum Gasteiger partial charge on any atom is -0.309 e. The molecule has 2 aliphatic rings. The van der Waals surface area contributed by atoms with E-state index < -0.39 is 5.41 Å². The smallest absolute Gasteiger partial charge is 0.134 e. The number of hydrogen-bond donors (Lipinski definition) is 0. The molecule has 250 valence electrons. The van der Waals surface area contributed by atoms with Gasteiger partial charge in [0.25, 0.3) is 0 Å². The van der Waals surface area contributed by atoms with E-state index in [1.165, 1.54) is 77.1 Å². The Hall–Kier alpha value is -7.17. The second-order valence-electron chi connectivity index (χ2n) is 14.7. The minimum atomic E-state index is -0.494. The number of para-hydroxylation sites is 4. The first-order valence-corrected chi connectivity index (χ1v) is 18.6. The van der Waals surface area contributed by atoms with Crippen molar-refractivity contribution in [1.82, 2.24) is 18.7 Å². The third kappa shape index (κ3) is 3.33. The van der Waals surface area contributed by atoms with Crippen LogP contribution in [0.5, 0.6) is 0 Å². The van der Waals surface area contributed by atoms with Gasteiger partial charge in [0.05, 0.1) is 38.8 Å². The van der Waals surface area contributed by atoms with Crippen molar-refractivity contribution < 1.29 is 0 Å². The van der Waals surface area contributed by atoms with Crippen LogP contribution in [-0.4, -0.2) is 18.7 Å². The lowest BCUT2D eigenvalue weighted by molar-refractivity contribution is 0.738. The Labute approximate surface area is 310 Å². The molecule has 1 aliphatic heterocycles. The van der Waals surface area contributed by atoms with E-state index >= 15 is 0 Å². The van der Waals surface area contributed by atoms with Gasteiger partial charge in [-0.3, -0.25) is 4.57 Å². The number of rotatable bonds is 2. The Kier molecular flexibility index (Phi) is 5.28. The summed E-state index contributed by atoms with van der Waals surface area (Å²) in [5.41, 5.74) is 16.3. The van der Waals surface area contributed by atoms with Crippen LogP contribution in [0.1, 0.15) is 22.5 Å². The summed E-state index contributed by atoms with van der Waals surface area (Å²) in [4.78, 5) is 5.65. The molecule has 11 aromatic rings. The maximum atomic E-state index is 5.65. The predicted octanol–water partition coefficient (Wildman–Crippen LogP) is 11.9. The fraction of sp³-hybridized carbons (Fsp3) is 0.0200. The first-order valence-electron chi connectivity index (χ1n) is 18.6. The van der Waals surface area contributed by atoms with Gasteiger partial charge in [-0.1, -0.05) is 121 Å². The van der Waals surface area contributed by atoms with Crippen molar-refractivity contribution in [2.24, 2.45) is 0 Å². The molecule has 0 bridgehead atoms. The second-order valence-corrected chi connectivity index (χ2v) is 14.7. The molecule has 13 rings (SSSR count). The van der Waals surface area contributed by atoms with Gasteiger partial charge in [0, 0.05) is 32.9 Å². The van der Waals surface area contributed by atoms with E-state index in [9.17, 15) is 0 Å². The van der Waals surface area contributed by atoms with Crippen LogP contribution in [0.25, 0.3) is 82.8 Å². The highest BCUT2D eigenvalue weighted by Gasteiger charge is 2.54. The maximum Gasteiger partial charge on any atom is 0.134 e. The van der Waals surface area contributed by atoms with Gasteiger partial charge in [0.2, 0.25) is 0 Å². The van der Waals surface area contributed by atoms with Gasteiger partial charge in [-0.2, -0.15) is 0 Å². The number of fused-ring (bicyclic) bond motifs is 18. The van der Waals surface area contributed by atoms with Crippen molar-refractivity contribution in [3.05, 3.63) is 205 Å². The summed E-state index contributed by atoms with van der Waals surface area (Å²) in [6.07, 6.45) is 0. The van der Waals surface area contributed by atoms with Gasteiger partial charge >= 0.3 is 0 Å². The van der Waals surface area contributed by atoms with E-state index in [-0.39, 0.29) is 0 Å². The minimum absolute atomic E-state index is 0.494. The Morgan fingerprint density at radius 2 is 0.907 bits per heavy atom. The first-order chi connectivity index (χ1) is 26.8. The average molecular weight is 687 g/mol. The van der Waals surface area contributed by atoms with Crippen molar-refractivity contribution in [3.63, 3.8) is 0 Å². The van der Waals surface area contributed by atoms with Gasteiger partial charge in [-0.25, -0.2) is 4.98 Å². The first kappa shape index (κ1) is 28.4. The monoisotopic (exact) mass is 686 g/mol. The third-order valence-corrected chi connectivity index (χ3v) is 12.2. The maximum absolute atomic E-state index is 5.65. The Morgan fingerprint density at radius 1 is 0.352 bits per heavy atom. The zero-order valence-electron chi connectivity index (χ0n) is 29.1. The molecule has 54 heavy (non-hydrogen) atoms. The standard InChI is InChI=1S/C50H30N4/c1-2-14-31(15-3-1)52-43-23-11-6-18-35(43)37-29-38-36-19-7-12-24-44(36)53(48(38)30-47(37)52)32-26-27-46-42(28-32)51-49-50(41-22-10-13-25-45(41)54(46)49)39-20-8-4-16-33(39)34-17-5-9-21-40(34)50/h1-30H. The lowest BCUT2D eigenvalue weighted by Crippen LogP contribution is -2.27. The summed E-state index contributed by atoms with van der Waals surface area (Å²) in [5, 5.41) is 5.00. The zero-order valence-corrected chi connectivity index (χ0v) is 29.1. The number of aromatic nitrogens is 4. The molecule has 0 radical (unpaired) electrons. The lowest BCUT2D eigenvalue weighted by Gasteiger charge is -2.27. The highest BCUT2D eigenvalue weighted by atomic mass is 15.1. The topological polar surface area (TPSA) is 27.7 Å². The second kappa shape index (κ2) is 10.0. The molecule has 0 saturated heterocycles. The number of nitrogens with zero attached hydrogens (tertiary/aromatic N) is 4. The molecule has 4 nitrogen and oxygen atoms in total. The normalized spacial score (nSPS) is 13.7. The fourth-order valence-corrected chi connectivity index (χ4v) is 10.1. The molecule has 0 N–H and O–H groups in total. The van der Waals surface area contributed by atoms with Crippen molar-refractivity contribution in [3.8, 4) is 28.2 Å². The highest BCUT2D eigenvalue weighted by Crippen LogP contribution is 2.60. The van der Waals surface area contributed by atoms with Crippen molar-refractivity contribution in [1.29, 1.82) is 0 Å². The predicted molar refractivity (Wildman–Crippen MR) is 221 cm³/mol. The SMILES string of the molecule is c1ccc(-n2c3ccccc3c3cc4c5ccccc5n(-c5ccc6c(c5)nc5n6-c6ccccc6C56c5ccccc5-c5ccccc56)c4cc32)cc1. The molecule has 0 amide bonds. The molecule has 8 aromatic carbocycles. The van der Waals surface area contributed by atoms with Crippen LogP contribution in [0.3, 0.4) is 0 Å². The molecule has 0 saturated carbocycles. The Balaban J connectivity index is 1.10. The van der Waals surface area contributed by atoms with Crippen LogP contribution >= 0.6 is 0 Å². The quantitative estimate of drug-likeness (QED) is 0.178. The zero-order chi connectivity index (χ0) is 35.1. The van der Waals surface area contributed by atoms with Gasteiger partial charge < -0.3 is 9.13 Å². The summed E-state index contributed by atoms with van der Waals surface area (Å²) < 4.78 is 7.26. The van der Waals surface area contributed by atoms with Gasteiger partial charge in [-0.15, -0.1) is 0 Å². The molecule has 1 aliphatic carbocycles. The van der Waals surface area contributed by atoms with Gasteiger partial charge in [-0.05, 0) is 88.5 Å². The number of benzene rings is 8. The molecular formula is C50H30N4. The molecule has 0 unspecified atom stereocenters. The van der Waals surface area contributed by atoms with Crippen LogP contribution in [0.4, 0.5) is 0 Å². The summed E-state index contributed by atoms with van der Waals surface area (Å²) in [6.45, 7) is 0. The van der Waals surface area contributed by atoms with Crippen molar-refractivity contribution >= 4 is 54.6 Å². The molecule has 3 aromatic heterocycles. The van der Waals surface area contributed by atoms with Crippen molar-refractivity contribution in [2.45, 2.75) is 5.41 Å². The lowest BCUT2D eigenvalue weighted by atomic mass is 9.73. The summed E-state index contributed by atoms with van der Waals surface area (Å²) >= 11 is 0. The summed E-state index contributed by atoms with van der Waals surface area (Å²) in [6, 6.07) is 66.7. The van der Waals surface area contributed by atoms with Crippen LogP contribution in [0, 0.1) is 0 Å². The highest BCUT2D eigenvalue weighted by molar-refractivity contribution is 6.19. The van der Waals surface area contributed by atoms with E-state index in [0.29, 0.717) is 0 Å². The molecule has 4 heterocycles. The van der Waals surface area contributed by atoms with Crippen LogP contribution in [0.2, 0.25) is 0 Å². The van der Waals surface area contributed by atoms with E-state index in [1.54, 1.807) is 0 Å². The third-order valence-electron chi connectivity index (χ3n) is 12.2. The molecule has 0 fully saturated rings. The van der Waals surface area contributed by atoms with Crippen LogP contribution in [0.15, 0.2) is 182 Å². The summed E-state index contributed by atoms with van der Waals surface area (Å²) in [7, 11) is 0. The Morgan fingerprint density at radius 3 is 1.59 bits per heavy atom. The number of hydrogen-bond acceptors (Lipinski definition) is 1. The van der Waals surface area contributed by atoms with E-state index in [2.05, 4.69) is 196 Å². The van der Waals surface area contributed by atoms with Crippen LogP contribution < -0.4 is 0 Å². The van der Waals surface area contributed by atoms with Gasteiger partial charge in [0.1, 0.15) is 11.2 Å². The molecule has 0 atom stereocenters. The largest absolute Gasteiger partial charge is 0.309 e. The number of imidazole rings is 1. The van der Waals surface area contributed by atoms with E-state index in [0.717, 1.165) is 28.2 Å². The molecule has 1 spiro atoms. The van der Waals surface area contributed by atoms with E-state index in [4.69, 9.17) is 4.98 Å². The molecular weight excluding hydrogens is 657 g/mol. The fourth-order valence-electron chi connectivity index (χ4n) is 10.1. The average Bonchev–Trinajstić information content (AvgIpc) is 4.00. The van der Waals surface area contributed by atoms with Gasteiger partial charge in [0.15, 0.2) is 0 Å². The molecule has 4 heteroatoms.